The third-order valence-electron chi connectivity index (χ3n) is 4.61. The first-order valence-electron chi connectivity index (χ1n) is 8.50. The Kier molecular flexibility index (Phi) is 5.67. The molecule has 1 aliphatic rings. The highest BCUT2D eigenvalue weighted by molar-refractivity contribution is 5.91. The molecule has 1 N–H and O–H groups in total. The van der Waals surface area contributed by atoms with Gasteiger partial charge < -0.3 is 14.6 Å². The number of hydrogen-bond donors (Lipinski definition) is 1. The van der Waals surface area contributed by atoms with Gasteiger partial charge in [0.2, 0.25) is 0 Å². The zero-order valence-electron chi connectivity index (χ0n) is 14.1. The number of likely N-dealkylation sites (N-methyl/N-ethyl adjacent to an activating group) is 1. The van der Waals surface area contributed by atoms with Crippen LogP contribution in [0.2, 0.25) is 0 Å². The normalized spacial score (nSPS) is 17.5. The Bertz CT molecular complexity index is 619. The molecule has 1 amide bonds. The molecule has 1 unspecified atom stereocenters. The van der Waals surface area contributed by atoms with Crippen molar-refractivity contribution in [3.05, 3.63) is 60.1 Å². The number of rotatable bonds is 6. The average molecular weight is 327 g/mol. The topological polar surface area (TPSA) is 48.7 Å². The summed E-state index contributed by atoms with van der Waals surface area (Å²) in [6, 6.07) is 14.2. The summed E-state index contributed by atoms with van der Waals surface area (Å²) < 4.78 is 5.17. The van der Waals surface area contributed by atoms with Gasteiger partial charge in [-0.1, -0.05) is 30.3 Å². The molecule has 24 heavy (non-hydrogen) atoms. The third kappa shape index (κ3) is 4.46. The number of carbonyl (C=O) groups is 1. The Balaban J connectivity index is 1.63. The highest BCUT2D eigenvalue weighted by Crippen LogP contribution is 2.12. The highest BCUT2D eigenvalue weighted by Gasteiger charge is 2.23. The zero-order valence-corrected chi connectivity index (χ0v) is 14.1. The van der Waals surface area contributed by atoms with Crippen molar-refractivity contribution >= 4 is 5.91 Å². The number of carbonyl (C=O) groups excluding carboxylic acids is 1. The zero-order chi connectivity index (χ0) is 16.8. The van der Waals surface area contributed by atoms with Crippen LogP contribution in [0.4, 0.5) is 0 Å². The molecular formula is C19H25N3O2. The van der Waals surface area contributed by atoms with Crippen molar-refractivity contribution in [1.29, 1.82) is 0 Å². The van der Waals surface area contributed by atoms with Crippen molar-refractivity contribution < 1.29 is 9.21 Å². The molecule has 1 atom stereocenters. The number of amides is 1. The fraction of sp³-hybridized carbons (Fsp3) is 0.421. The van der Waals surface area contributed by atoms with Crippen LogP contribution in [0.5, 0.6) is 0 Å². The van der Waals surface area contributed by atoms with Crippen molar-refractivity contribution in [2.45, 2.75) is 12.5 Å². The minimum absolute atomic E-state index is 0.146. The van der Waals surface area contributed by atoms with Crippen LogP contribution >= 0.6 is 0 Å². The predicted molar refractivity (Wildman–Crippen MR) is 94.0 cm³/mol. The van der Waals surface area contributed by atoms with Crippen molar-refractivity contribution in [3.8, 4) is 0 Å². The maximum Gasteiger partial charge on any atom is 0.287 e. The Morgan fingerprint density at radius 2 is 1.88 bits per heavy atom. The van der Waals surface area contributed by atoms with Gasteiger partial charge in [-0.25, -0.2) is 0 Å². The molecule has 3 rings (SSSR count). The molecule has 0 spiro atoms. The molecule has 128 valence electrons. The lowest BCUT2D eigenvalue weighted by Crippen LogP contribution is -2.53. The summed E-state index contributed by atoms with van der Waals surface area (Å²) in [5.41, 5.74) is 1.30. The Labute approximate surface area is 143 Å². The van der Waals surface area contributed by atoms with Gasteiger partial charge in [0.25, 0.3) is 5.91 Å². The second-order valence-electron chi connectivity index (χ2n) is 6.37. The van der Waals surface area contributed by atoms with Crippen LogP contribution in [0, 0.1) is 0 Å². The molecule has 5 nitrogen and oxygen atoms in total. The number of nitrogens with one attached hydrogen (secondary N) is 1. The van der Waals surface area contributed by atoms with E-state index in [4.69, 9.17) is 4.42 Å². The molecule has 1 aromatic carbocycles. The van der Waals surface area contributed by atoms with E-state index in [0.717, 1.165) is 32.6 Å². The fourth-order valence-electron chi connectivity index (χ4n) is 3.11. The monoisotopic (exact) mass is 327 g/mol. The second-order valence-corrected chi connectivity index (χ2v) is 6.37. The van der Waals surface area contributed by atoms with Crippen molar-refractivity contribution in [2.24, 2.45) is 0 Å². The maximum absolute atomic E-state index is 12.2. The Morgan fingerprint density at radius 3 is 2.54 bits per heavy atom. The molecule has 0 radical (unpaired) electrons. The summed E-state index contributed by atoms with van der Waals surface area (Å²) in [5.74, 6) is 0.221. The van der Waals surface area contributed by atoms with Crippen LogP contribution in [0.3, 0.4) is 0 Å². The minimum Gasteiger partial charge on any atom is -0.459 e. The van der Waals surface area contributed by atoms with Crippen LogP contribution in [0.25, 0.3) is 0 Å². The Hall–Kier alpha value is -2.11. The number of nitrogens with zero attached hydrogens (tertiary/aromatic N) is 2. The number of benzene rings is 1. The summed E-state index contributed by atoms with van der Waals surface area (Å²) in [6.07, 6.45) is 2.46. The van der Waals surface area contributed by atoms with Gasteiger partial charge in [-0.15, -0.1) is 0 Å². The molecule has 1 fully saturated rings. The van der Waals surface area contributed by atoms with Crippen LogP contribution < -0.4 is 5.32 Å². The minimum atomic E-state index is -0.146. The van der Waals surface area contributed by atoms with Crippen LogP contribution in [-0.4, -0.2) is 61.5 Å². The SMILES string of the molecule is CN1CCN(C(CNC(=O)c2ccco2)Cc2ccccc2)CC1. The van der Waals surface area contributed by atoms with E-state index in [1.165, 1.54) is 11.8 Å². The predicted octanol–water partition coefficient (Wildman–Crippen LogP) is 1.87. The van der Waals surface area contributed by atoms with Gasteiger partial charge in [0.05, 0.1) is 6.26 Å². The Morgan fingerprint density at radius 1 is 1.12 bits per heavy atom. The summed E-state index contributed by atoms with van der Waals surface area (Å²) in [5, 5.41) is 3.03. The quantitative estimate of drug-likeness (QED) is 0.880. The van der Waals surface area contributed by atoms with E-state index in [0.29, 0.717) is 18.3 Å². The molecule has 2 heterocycles. The van der Waals surface area contributed by atoms with Crippen LogP contribution in [0.1, 0.15) is 16.1 Å². The van der Waals surface area contributed by atoms with Gasteiger partial charge >= 0.3 is 0 Å². The molecule has 0 aliphatic carbocycles. The lowest BCUT2D eigenvalue weighted by atomic mass is 10.0. The standard InChI is InChI=1S/C19H25N3O2/c1-21-9-11-22(12-10-21)17(14-16-6-3-2-4-7-16)15-20-19(23)18-8-5-13-24-18/h2-8,13,17H,9-12,14-15H2,1H3,(H,20,23). The first-order valence-corrected chi connectivity index (χ1v) is 8.50. The first-order chi connectivity index (χ1) is 11.7. The lowest BCUT2D eigenvalue weighted by molar-refractivity contribution is 0.0862. The van der Waals surface area contributed by atoms with E-state index in [1.54, 1.807) is 12.1 Å². The fourth-order valence-corrected chi connectivity index (χ4v) is 3.11. The molecule has 1 aromatic heterocycles. The van der Waals surface area contributed by atoms with E-state index in [1.807, 2.05) is 6.07 Å². The highest BCUT2D eigenvalue weighted by atomic mass is 16.3. The maximum atomic E-state index is 12.2. The third-order valence-corrected chi connectivity index (χ3v) is 4.61. The van der Waals surface area contributed by atoms with Gasteiger partial charge in [-0.3, -0.25) is 9.69 Å². The van der Waals surface area contributed by atoms with E-state index in [2.05, 4.69) is 46.4 Å². The van der Waals surface area contributed by atoms with Crippen molar-refractivity contribution in [2.75, 3.05) is 39.8 Å². The molecular weight excluding hydrogens is 302 g/mol. The second kappa shape index (κ2) is 8.13. The van der Waals surface area contributed by atoms with Crippen molar-refractivity contribution in [3.63, 3.8) is 0 Å². The molecule has 2 aromatic rings. The molecule has 5 heteroatoms. The average Bonchev–Trinajstić information content (AvgIpc) is 3.15. The van der Waals surface area contributed by atoms with E-state index in [-0.39, 0.29) is 5.91 Å². The van der Waals surface area contributed by atoms with E-state index in [9.17, 15) is 4.79 Å². The summed E-state index contributed by atoms with van der Waals surface area (Å²) in [6.45, 7) is 4.82. The first kappa shape index (κ1) is 16.7. The van der Waals surface area contributed by atoms with Crippen LogP contribution in [0.15, 0.2) is 53.1 Å². The number of piperazine rings is 1. The van der Waals surface area contributed by atoms with E-state index < -0.39 is 0 Å². The molecule has 0 bridgehead atoms. The number of furan rings is 1. The molecule has 1 aliphatic heterocycles. The smallest absolute Gasteiger partial charge is 0.287 e. The van der Waals surface area contributed by atoms with Gasteiger partial charge in [0.1, 0.15) is 0 Å². The summed E-state index contributed by atoms with van der Waals surface area (Å²) in [4.78, 5) is 17.0. The van der Waals surface area contributed by atoms with Gasteiger partial charge in [0, 0.05) is 38.8 Å². The van der Waals surface area contributed by atoms with Crippen molar-refractivity contribution in [1.82, 2.24) is 15.1 Å². The summed E-state index contributed by atoms with van der Waals surface area (Å²) in [7, 11) is 2.15. The van der Waals surface area contributed by atoms with Crippen LogP contribution in [-0.2, 0) is 6.42 Å². The lowest BCUT2D eigenvalue weighted by Gasteiger charge is -2.38. The largest absolute Gasteiger partial charge is 0.459 e. The van der Waals surface area contributed by atoms with Gasteiger partial charge in [0.15, 0.2) is 5.76 Å². The van der Waals surface area contributed by atoms with E-state index >= 15 is 0 Å². The van der Waals surface area contributed by atoms with Gasteiger partial charge in [-0.2, -0.15) is 0 Å². The van der Waals surface area contributed by atoms with Gasteiger partial charge in [-0.05, 0) is 31.2 Å². The summed E-state index contributed by atoms with van der Waals surface area (Å²) >= 11 is 0. The molecule has 0 saturated carbocycles. The number of hydrogen-bond acceptors (Lipinski definition) is 4. The molecule has 1 saturated heterocycles.